The highest BCUT2D eigenvalue weighted by Crippen LogP contribution is 2.29. The Labute approximate surface area is 90.9 Å². The number of aromatic nitrogens is 2. The van der Waals surface area contributed by atoms with Crippen molar-refractivity contribution in [2.24, 2.45) is 0 Å². The minimum Gasteiger partial charge on any atom is -0.343 e. The lowest BCUT2D eigenvalue weighted by molar-refractivity contribution is 0.680. The molecule has 3 heteroatoms. The van der Waals surface area contributed by atoms with Crippen LogP contribution in [0.2, 0.25) is 0 Å². The van der Waals surface area contributed by atoms with Gasteiger partial charge in [0.15, 0.2) is 0 Å². The molecule has 2 aromatic heterocycles. The maximum atomic E-state index is 4.38. The van der Waals surface area contributed by atoms with Crippen molar-refractivity contribution in [2.75, 3.05) is 0 Å². The van der Waals surface area contributed by atoms with Crippen LogP contribution in [-0.4, -0.2) is 9.97 Å². The van der Waals surface area contributed by atoms with E-state index < -0.39 is 0 Å². The van der Waals surface area contributed by atoms with Gasteiger partial charge in [0.1, 0.15) is 5.65 Å². The van der Waals surface area contributed by atoms with Gasteiger partial charge in [-0.2, -0.15) is 0 Å². The van der Waals surface area contributed by atoms with E-state index in [2.05, 4.69) is 32.0 Å². The van der Waals surface area contributed by atoms with Crippen LogP contribution in [0.3, 0.4) is 0 Å². The van der Waals surface area contributed by atoms with E-state index in [-0.39, 0.29) is 0 Å². The summed E-state index contributed by atoms with van der Waals surface area (Å²) in [5.41, 5.74) is 3.93. The van der Waals surface area contributed by atoms with Crippen molar-refractivity contribution < 1.29 is 0 Å². The molecule has 0 bridgehead atoms. The van der Waals surface area contributed by atoms with Gasteiger partial charge in [-0.1, -0.05) is 0 Å². The third-order valence-electron chi connectivity index (χ3n) is 2.92. The average Bonchev–Trinajstić information content (AvgIpc) is 2.56. The quantitative estimate of drug-likeness (QED) is 0.765. The first-order valence-corrected chi connectivity index (χ1v) is 5.79. The smallest absolute Gasteiger partial charge is 0.137 e. The normalized spacial score (nSPS) is 15.8. The lowest BCUT2D eigenvalue weighted by Crippen LogP contribution is -1.99. The monoisotopic (exact) mass is 250 g/mol. The fourth-order valence-corrected chi connectivity index (χ4v) is 2.58. The molecule has 0 saturated heterocycles. The van der Waals surface area contributed by atoms with Gasteiger partial charge in [0, 0.05) is 21.7 Å². The number of halogens is 1. The molecule has 0 aromatic carbocycles. The lowest BCUT2D eigenvalue weighted by Gasteiger charge is -2.09. The number of nitrogens with one attached hydrogen (secondary N) is 1. The number of H-pyrrole nitrogens is 1. The maximum Gasteiger partial charge on any atom is 0.137 e. The summed E-state index contributed by atoms with van der Waals surface area (Å²) in [7, 11) is 0. The van der Waals surface area contributed by atoms with E-state index in [1.807, 2.05) is 6.20 Å². The van der Waals surface area contributed by atoms with Crippen LogP contribution in [0.25, 0.3) is 11.0 Å². The van der Waals surface area contributed by atoms with Crippen LogP contribution in [0.5, 0.6) is 0 Å². The van der Waals surface area contributed by atoms with E-state index in [1.165, 1.54) is 42.3 Å². The third kappa shape index (κ3) is 1.19. The molecule has 14 heavy (non-hydrogen) atoms. The van der Waals surface area contributed by atoms with E-state index in [9.17, 15) is 0 Å². The molecular formula is C11H11BrN2. The number of hydrogen-bond donors (Lipinski definition) is 1. The molecule has 2 aromatic rings. The van der Waals surface area contributed by atoms with Crippen LogP contribution < -0.4 is 0 Å². The Bertz CT molecular complexity index is 487. The van der Waals surface area contributed by atoms with Crippen molar-refractivity contribution in [3.8, 4) is 0 Å². The topological polar surface area (TPSA) is 28.7 Å². The van der Waals surface area contributed by atoms with E-state index in [0.29, 0.717) is 0 Å². The van der Waals surface area contributed by atoms with Crippen LogP contribution in [0.15, 0.2) is 16.7 Å². The van der Waals surface area contributed by atoms with Crippen LogP contribution in [0.1, 0.15) is 24.1 Å². The van der Waals surface area contributed by atoms with Crippen molar-refractivity contribution in [2.45, 2.75) is 25.7 Å². The summed E-state index contributed by atoms with van der Waals surface area (Å²) in [6.45, 7) is 0. The number of aryl methyl sites for hydroxylation is 2. The summed E-state index contributed by atoms with van der Waals surface area (Å²) in [4.78, 5) is 7.79. The molecule has 0 fully saturated rings. The first-order chi connectivity index (χ1) is 6.84. The first kappa shape index (κ1) is 8.48. The summed E-state index contributed by atoms with van der Waals surface area (Å²) in [6, 6.07) is 2.17. The molecule has 3 rings (SSSR count). The van der Waals surface area contributed by atoms with E-state index >= 15 is 0 Å². The fraction of sp³-hybridized carbons (Fsp3) is 0.364. The molecular weight excluding hydrogens is 240 g/mol. The third-order valence-corrected chi connectivity index (χ3v) is 3.35. The first-order valence-electron chi connectivity index (χ1n) is 4.99. The van der Waals surface area contributed by atoms with Crippen LogP contribution >= 0.6 is 15.9 Å². The molecule has 0 spiro atoms. The Hall–Kier alpha value is -0.830. The van der Waals surface area contributed by atoms with E-state index in [4.69, 9.17) is 0 Å². The standard InChI is InChI=1S/C11H11BrN2/c12-7-5-9-8-3-1-2-4-10(8)14-11(9)13-6-7/h5-6H,1-4H2,(H,13,14). The van der Waals surface area contributed by atoms with Crippen molar-refractivity contribution in [1.29, 1.82) is 0 Å². The van der Waals surface area contributed by atoms with Crippen molar-refractivity contribution >= 4 is 27.0 Å². The molecule has 0 radical (unpaired) electrons. The molecule has 1 aliphatic rings. The molecule has 2 heterocycles. The van der Waals surface area contributed by atoms with Crippen LogP contribution in [0, 0.1) is 0 Å². The van der Waals surface area contributed by atoms with Crippen molar-refractivity contribution in [3.05, 3.63) is 28.0 Å². The number of pyridine rings is 1. The summed E-state index contributed by atoms with van der Waals surface area (Å²) in [6.07, 6.45) is 6.86. The van der Waals surface area contributed by atoms with Gasteiger partial charge in [0.05, 0.1) is 0 Å². The van der Waals surface area contributed by atoms with Crippen molar-refractivity contribution in [3.63, 3.8) is 0 Å². The zero-order chi connectivity index (χ0) is 9.54. The van der Waals surface area contributed by atoms with Crippen molar-refractivity contribution in [1.82, 2.24) is 9.97 Å². The van der Waals surface area contributed by atoms with Gasteiger partial charge >= 0.3 is 0 Å². The van der Waals surface area contributed by atoms with E-state index in [1.54, 1.807) is 0 Å². The summed E-state index contributed by atoms with van der Waals surface area (Å²) in [5.74, 6) is 0. The number of nitrogens with zero attached hydrogens (tertiary/aromatic N) is 1. The lowest BCUT2D eigenvalue weighted by atomic mass is 9.96. The van der Waals surface area contributed by atoms with Gasteiger partial charge in [-0.15, -0.1) is 0 Å². The Morgan fingerprint density at radius 3 is 3.07 bits per heavy atom. The van der Waals surface area contributed by atoms with Crippen LogP contribution in [0.4, 0.5) is 0 Å². The Kier molecular flexibility index (Phi) is 1.87. The number of fused-ring (bicyclic) bond motifs is 3. The summed E-state index contributed by atoms with van der Waals surface area (Å²) in [5, 5.41) is 1.30. The molecule has 72 valence electrons. The maximum absolute atomic E-state index is 4.38. The van der Waals surface area contributed by atoms with Gasteiger partial charge in [0.2, 0.25) is 0 Å². The second-order valence-corrected chi connectivity index (χ2v) is 4.75. The molecule has 0 aliphatic heterocycles. The molecule has 1 N–H and O–H groups in total. The Morgan fingerprint density at radius 1 is 1.29 bits per heavy atom. The zero-order valence-corrected chi connectivity index (χ0v) is 9.39. The highest BCUT2D eigenvalue weighted by Gasteiger charge is 2.15. The zero-order valence-electron chi connectivity index (χ0n) is 7.81. The van der Waals surface area contributed by atoms with Gasteiger partial charge in [-0.25, -0.2) is 4.98 Å². The van der Waals surface area contributed by atoms with Gasteiger partial charge in [-0.05, 0) is 53.2 Å². The average molecular weight is 251 g/mol. The number of aromatic amines is 1. The van der Waals surface area contributed by atoms with E-state index in [0.717, 1.165) is 10.1 Å². The molecule has 2 nitrogen and oxygen atoms in total. The largest absolute Gasteiger partial charge is 0.343 e. The molecule has 0 saturated carbocycles. The predicted octanol–water partition coefficient (Wildman–Crippen LogP) is 3.20. The molecule has 0 amide bonds. The summed E-state index contributed by atoms with van der Waals surface area (Å²) >= 11 is 3.47. The second-order valence-electron chi connectivity index (χ2n) is 3.84. The molecule has 1 aliphatic carbocycles. The number of rotatable bonds is 0. The Morgan fingerprint density at radius 2 is 2.14 bits per heavy atom. The minimum absolute atomic E-state index is 1.04. The van der Waals surface area contributed by atoms with Crippen LogP contribution in [-0.2, 0) is 12.8 Å². The predicted molar refractivity (Wildman–Crippen MR) is 60.4 cm³/mol. The number of hydrogen-bond acceptors (Lipinski definition) is 1. The highest BCUT2D eigenvalue weighted by molar-refractivity contribution is 9.10. The second kappa shape index (κ2) is 3.09. The molecule has 0 atom stereocenters. The SMILES string of the molecule is Brc1cnc2[nH]c3c(c2c1)CCCC3. The Balaban J connectivity index is 2.32. The highest BCUT2D eigenvalue weighted by atomic mass is 79.9. The molecule has 0 unspecified atom stereocenters. The fourth-order valence-electron chi connectivity index (χ4n) is 2.25. The van der Waals surface area contributed by atoms with Gasteiger partial charge in [-0.3, -0.25) is 0 Å². The van der Waals surface area contributed by atoms with Gasteiger partial charge < -0.3 is 4.98 Å². The minimum atomic E-state index is 1.04. The van der Waals surface area contributed by atoms with Gasteiger partial charge in [0.25, 0.3) is 0 Å². The summed E-state index contributed by atoms with van der Waals surface area (Å²) < 4.78 is 1.07.